The molecular formula is C12H22N6O2. The SMILES string of the molecule is CCCOc1nc(NN)nc(N2CCC(COC)C2)n1. The van der Waals surface area contributed by atoms with Crippen LogP contribution in [0.15, 0.2) is 0 Å². The highest BCUT2D eigenvalue weighted by Gasteiger charge is 2.25. The van der Waals surface area contributed by atoms with E-state index >= 15 is 0 Å². The van der Waals surface area contributed by atoms with Gasteiger partial charge in [-0.3, -0.25) is 5.43 Å². The van der Waals surface area contributed by atoms with Crippen LogP contribution in [0.1, 0.15) is 19.8 Å². The Kier molecular flexibility index (Phi) is 5.31. The second-order valence-corrected chi connectivity index (χ2v) is 4.79. The third-order valence-corrected chi connectivity index (χ3v) is 3.14. The van der Waals surface area contributed by atoms with Crippen molar-refractivity contribution in [1.29, 1.82) is 0 Å². The summed E-state index contributed by atoms with van der Waals surface area (Å²) in [4.78, 5) is 14.8. The lowest BCUT2D eigenvalue weighted by Crippen LogP contribution is -2.25. The molecule has 8 heteroatoms. The first-order chi connectivity index (χ1) is 9.76. The number of rotatable bonds is 7. The summed E-state index contributed by atoms with van der Waals surface area (Å²) in [7, 11) is 1.72. The minimum absolute atomic E-state index is 0.306. The van der Waals surface area contributed by atoms with Crippen LogP contribution in [0, 0.1) is 5.92 Å². The zero-order valence-electron chi connectivity index (χ0n) is 12.0. The van der Waals surface area contributed by atoms with Crippen LogP contribution >= 0.6 is 0 Å². The first-order valence-electron chi connectivity index (χ1n) is 6.86. The first kappa shape index (κ1) is 14.7. The maximum atomic E-state index is 5.46. The van der Waals surface area contributed by atoms with E-state index in [1.165, 1.54) is 0 Å². The van der Waals surface area contributed by atoms with Crippen molar-refractivity contribution in [3.8, 4) is 6.01 Å². The maximum Gasteiger partial charge on any atom is 0.323 e. The van der Waals surface area contributed by atoms with Crippen molar-refractivity contribution in [2.75, 3.05) is 43.7 Å². The summed E-state index contributed by atoms with van der Waals surface area (Å²) in [6.45, 7) is 5.12. The lowest BCUT2D eigenvalue weighted by Gasteiger charge is -2.17. The van der Waals surface area contributed by atoms with E-state index in [-0.39, 0.29) is 0 Å². The number of methoxy groups -OCH3 is 1. The molecule has 112 valence electrons. The van der Waals surface area contributed by atoms with E-state index in [1.54, 1.807) is 7.11 Å². The lowest BCUT2D eigenvalue weighted by atomic mass is 10.1. The van der Waals surface area contributed by atoms with Crippen LogP contribution in [-0.2, 0) is 4.74 Å². The fraction of sp³-hybridized carbons (Fsp3) is 0.750. The molecule has 1 atom stereocenters. The number of nitrogens with zero attached hydrogens (tertiary/aromatic N) is 4. The number of hydrazine groups is 1. The Morgan fingerprint density at radius 3 is 2.95 bits per heavy atom. The third-order valence-electron chi connectivity index (χ3n) is 3.14. The Hall–Kier alpha value is -1.67. The molecule has 1 aromatic heterocycles. The number of nitrogen functional groups attached to an aromatic ring is 1. The predicted octanol–water partition coefficient (Wildman–Crippen LogP) is 0.419. The summed E-state index contributed by atoms with van der Waals surface area (Å²) in [5.41, 5.74) is 2.45. The summed E-state index contributed by atoms with van der Waals surface area (Å²) in [5.74, 6) is 6.81. The summed E-state index contributed by atoms with van der Waals surface area (Å²) >= 11 is 0. The molecule has 1 aromatic rings. The lowest BCUT2D eigenvalue weighted by molar-refractivity contribution is 0.161. The van der Waals surface area contributed by atoms with Crippen molar-refractivity contribution < 1.29 is 9.47 Å². The molecule has 8 nitrogen and oxygen atoms in total. The second kappa shape index (κ2) is 7.20. The molecule has 0 radical (unpaired) electrons. The number of anilines is 2. The van der Waals surface area contributed by atoms with Crippen molar-refractivity contribution >= 4 is 11.9 Å². The van der Waals surface area contributed by atoms with E-state index in [4.69, 9.17) is 15.3 Å². The van der Waals surface area contributed by atoms with Crippen LogP contribution in [-0.4, -0.2) is 48.4 Å². The molecule has 1 aliphatic heterocycles. The molecule has 1 saturated heterocycles. The van der Waals surface area contributed by atoms with E-state index < -0.39 is 0 Å². The van der Waals surface area contributed by atoms with Crippen LogP contribution in [0.25, 0.3) is 0 Å². The van der Waals surface area contributed by atoms with Crippen LogP contribution in [0.4, 0.5) is 11.9 Å². The summed E-state index contributed by atoms with van der Waals surface area (Å²) in [6, 6.07) is 0.306. The van der Waals surface area contributed by atoms with Crippen molar-refractivity contribution in [2.45, 2.75) is 19.8 Å². The maximum absolute atomic E-state index is 5.46. The van der Waals surface area contributed by atoms with Gasteiger partial charge in [0.1, 0.15) is 0 Å². The van der Waals surface area contributed by atoms with Gasteiger partial charge in [-0.25, -0.2) is 5.84 Å². The molecule has 0 amide bonds. The average Bonchev–Trinajstić information content (AvgIpc) is 2.94. The van der Waals surface area contributed by atoms with Gasteiger partial charge in [-0.15, -0.1) is 0 Å². The highest BCUT2D eigenvalue weighted by molar-refractivity contribution is 5.38. The van der Waals surface area contributed by atoms with Gasteiger partial charge in [-0.2, -0.15) is 15.0 Å². The molecule has 0 bridgehead atoms. The van der Waals surface area contributed by atoms with E-state index in [1.807, 2.05) is 6.92 Å². The molecule has 1 fully saturated rings. The molecular weight excluding hydrogens is 260 g/mol. The number of nitrogens with one attached hydrogen (secondary N) is 1. The van der Waals surface area contributed by atoms with Gasteiger partial charge in [0.2, 0.25) is 11.9 Å². The van der Waals surface area contributed by atoms with Crippen LogP contribution in [0.3, 0.4) is 0 Å². The van der Waals surface area contributed by atoms with Crippen molar-refractivity contribution in [1.82, 2.24) is 15.0 Å². The van der Waals surface area contributed by atoms with Crippen molar-refractivity contribution in [3.63, 3.8) is 0 Å². The molecule has 0 aliphatic carbocycles. The van der Waals surface area contributed by atoms with Crippen LogP contribution in [0.5, 0.6) is 6.01 Å². The topological polar surface area (TPSA) is 98.4 Å². The van der Waals surface area contributed by atoms with Crippen LogP contribution in [0.2, 0.25) is 0 Å². The molecule has 2 rings (SSSR count). The van der Waals surface area contributed by atoms with Gasteiger partial charge in [0, 0.05) is 26.1 Å². The Balaban J connectivity index is 2.10. The highest BCUT2D eigenvalue weighted by Crippen LogP contribution is 2.23. The van der Waals surface area contributed by atoms with Gasteiger partial charge in [-0.05, 0) is 12.8 Å². The number of nitrogens with two attached hydrogens (primary N) is 1. The fourth-order valence-electron chi connectivity index (χ4n) is 2.20. The monoisotopic (exact) mass is 282 g/mol. The Morgan fingerprint density at radius 2 is 2.25 bits per heavy atom. The predicted molar refractivity (Wildman–Crippen MR) is 75.6 cm³/mol. The fourth-order valence-corrected chi connectivity index (χ4v) is 2.20. The van der Waals surface area contributed by atoms with Gasteiger partial charge >= 0.3 is 6.01 Å². The number of ether oxygens (including phenoxy) is 2. The summed E-state index contributed by atoms with van der Waals surface area (Å²) in [6.07, 6.45) is 1.96. The Labute approximate surface area is 118 Å². The van der Waals surface area contributed by atoms with Gasteiger partial charge in [0.25, 0.3) is 0 Å². The van der Waals surface area contributed by atoms with E-state index in [0.29, 0.717) is 30.4 Å². The van der Waals surface area contributed by atoms with Crippen molar-refractivity contribution in [3.05, 3.63) is 0 Å². The molecule has 3 N–H and O–H groups in total. The van der Waals surface area contributed by atoms with E-state index in [2.05, 4.69) is 25.3 Å². The van der Waals surface area contributed by atoms with Gasteiger partial charge in [0.05, 0.1) is 13.2 Å². The summed E-state index contributed by atoms with van der Waals surface area (Å²) in [5, 5.41) is 0. The van der Waals surface area contributed by atoms with E-state index in [9.17, 15) is 0 Å². The minimum atomic E-state index is 0.306. The quantitative estimate of drug-likeness (QED) is 0.548. The first-order valence-corrected chi connectivity index (χ1v) is 6.86. The molecule has 0 saturated carbocycles. The normalized spacial score (nSPS) is 18.4. The Morgan fingerprint density at radius 1 is 1.40 bits per heavy atom. The average molecular weight is 282 g/mol. The molecule has 0 spiro atoms. The minimum Gasteiger partial charge on any atom is -0.463 e. The van der Waals surface area contributed by atoms with Crippen LogP contribution < -0.4 is 20.9 Å². The van der Waals surface area contributed by atoms with E-state index in [0.717, 1.165) is 32.5 Å². The molecule has 0 aromatic carbocycles. The number of aromatic nitrogens is 3. The molecule has 2 heterocycles. The Bertz CT molecular complexity index is 430. The van der Waals surface area contributed by atoms with Crippen molar-refractivity contribution in [2.24, 2.45) is 11.8 Å². The second-order valence-electron chi connectivity index (χ2n) is 4.79. The van der Waals surface area contributed by atoms with Gasteiger partial charge in [0.15, 0.2) is 0 Å². The largest absolute Gasteiger partial charge is 0.463 e. The standard InChI is InChI=1S/C12H22N6O2/c1-3-6-20-12-15-10(17-13)14-11(16-12)18-5-4-9(7-18)8-19-2/h9H,3-8,13H2,1-2H3,(H,14,15,16,17). The zero-order chi connectivity index (χ0) is 14.4. The molecule has 1 aliphatic rings. The summed E-state index contributed by atoms with van der Waals surface area (Å²) < 4.78 is 10.7. The molecule has 1 unspecified atom stereocenters. The van der Waals surface area contributed by atoms with Gasteiger partial charge < -0.3 is 14.4 Å². The number of hydrogen-bond acceptors (Lipinski definition) is 8. The highest BCUT2D eigenvalue weighted by atomic mass is 16.5. The van der Waals surface area contributed by atoms with Gasteiger partial charge in [-0.1, -0.05) is 6.92 Å². The zero-order valence-corrected chi connectivity index (χ0v) is 12.0. The molecule has 20 heavy (non-hydrogen) atoms. The smallest absolute Gasteiger partial charge is 0.323 e. The third kappa shape index (κ3) is 3.67. The number of hydrogen-bond donors (Lipinski definition) is 2.